The number of hydrogen-bond acceptors (Lipinski definition) is 3. The first kappa shape index (κ1) is 15.3. The number of nitrogens with zero attached hydrogens (tertiary/aromatic N) is 2. The van der Waals surface area contributed by atoms with Crippen molar-refractivity contribution >= 4 is 5.91 Å². The highest BCUT2D eigenvalue weighted by molar-refractivity contribution is 5.94. The number of aromatic nitrogens is 2. The zero-order chi connectivity index (χ0) is 15.5. The third-order valence-electron chi connectivity index (χ3n) is 3.35. The van der Waals surface area contributed by atoms with E-state index in [4.69, 9.17) is 0 Å². The Balaban J connectivity index is 1.97. The highest BCUT2D eigenvalue weighted by atomic mass is 16.3. The second-order valence-electron chi connectivity index (χ2n) is 6.09. The van der Waals surface area contributed by atoms with Crippen LogP contribution in [0.25, 0.3) is 5.69 Å². The summed E-state index contributed by atoms with van der Waals surface area (Å²) in [5.41, 5.74) is 1.20. The molecule has 0 saturated carbocycles. The van der Waals surface area contributed by atoms with Crippen molar-refractivity contribution in [3.8, 4) is 5.69 Å². The fraction of sp³-hybridized carbons (Fsp3) is 0.375. The minimum Gasteiger partial charge on any atom is -0.391 e. The van der Waals surface area contributed by atoms with Gasteiger partial charge in [-0.15, -0.1) is 0 Å². The molecule has 112 valence electrons. The van der Waals surface area contributed by atoms with E-state index in [0.29, 0.717) is 5.56 Å². The lowest BCUT2D eigenvalue weighted by Crippen LogP contribution is -2.39. The Morgan fingerprint density at radius 1 is 1.33 bits per heavy atom. The quantitative estimate of drug-likeness (QED) is 0.904. The van der Waals surface area contributed by atoms with Crippen LogP contribution in [0.5, 0.6) is 0 Å². The Morgan fingerprint density at radius 2 is 2.00 bits per heavy atom. The molecule has 1 aromatic heterocycles. The van der Waals surface area contributed by atoms with Gasteiger partial charge in [0.2, 0.25) is 0 Å². The predicted octanol–water partition coefficient (Wildman–Crippen LogP) is 2.01. The maximum absolute atomic E-state index is 12.0. The molecular formula is C16H21N3O2. The summed E-state index contributed by atoms with van der Waals surface area (Å²) >= 11 is 0. The van der Waals surface area contributed by atoms with Gasteiger partial charge >= 0.3 is 0 Å². The van der Waals surface area contributed by atoms with Crippen molar-refractivity contribution in [1.82, 2.24) is 15.1 Å². The molecule has 0 aliphatic rings. The summed E-state index contributed by atoms with van der Waals surface area (Å²) in [5, 5.41) is 16.8. The van der Waals surface area contributed by atoms with Crippen molar-refractivity contribution < 1.29 is 9.90 Å². The second kappa shape index (κ2) is 6.10. The summed E-state index contributed by atoms with van der Waals surface area (Å²) in [6.45, 7) is 6.04. The molecule has 5 nitrogen and oxygen atoms in total. The summed E-state index contributed by atoms with van der Waals surface area (Å²) in [6, 6.07) is 9.00. The Morgan fingerprint density at radius 3 is 2.52 bits per heavy atom. The molecule has 0 fully saturated rings. The fourth-order valence-corrected chi connectivity index (χ4v) is 1.78. The first-order valence-electron chi connectivity index (χ1n) is 6.94. The molecule has 2 aromatic rings. The minimum absolute atomic E-state index is 0.190. The van der Waals surface area contributed by atoms with E-state index >= 15 is 0 Å². The Bertz CT molecular complexity index is 583. The van der Waals surface area contributed by atoms with Crippen LogP contribution in [0, 0.1) is 5.41 Å². The van der Waals surface area contributed by atoms with Gasteiger partial charge in [0.05, 0.1) is 11.8 Å². The van der Waals surface area contributed by atoms with Crippen LogP contribution >= 0.6 is 0 Å². The summed E-state index contributed by atoms with van der Waals surface area (Å²) < 4.78 is 1.73. The first-order valence-corrected chi connectivity index (χ1v) is 6.94. The molecule has 1 heterocycles. The number of aliphatic hydroxyl groups is 1. The number of benzene rings is 1. The lowest BCUT2D eigenvalue weighted by atomic mass is 9.89. The van der Waals surface area contributed by atoms with E-state index in [2.05, 4.69) is 10.4 Å². The van der Waals surface area contributed by atoms with Gasteiger partial charge in [-0.1, -0.05) is 20.8 Å². The summed E-state index contributed by atoms with van der Waals surface area (Å²) in [7, 11) is 0. The van der Waals surface area contributed by atoms with E-state index in [9.17, 15) is 9.90 Å². The van der Waals surface area contributed by atoms with Crippen LogP contribution in [0.4, 0.5) is 0 Å². The van der Waals surface area contributed by atoms with Crippen LogP contribution in [-0.4, -0.2) is 33.4 Å². The number of hydrogen-bond donors (Lipinski definition) is 2. The van der Waals surface area contributed by atoms with Crippen molar-refractivity contribution in [3.63, 3.8) is 0 Å². The van der Waals surface area contributed by atoms with Crippen LogP contribution in [-0.2, 0) is 0 Å². The molecule has 2 N–H and O–H groups in total. The highest BCUT2D eigenvalue weighted by Crippen LogP contribution is 2.18. The van der Waals surface area contributed by atoms with Gasteiger partial charge in [0.1, 0.15) is 0 Å². The molecule has 0 bridgehead atoms. The van der Waals surface area contributed by atoms with E-state index in [1.54, 1.807) is 23.0 Å². The lowest BCUT2D eigenvalue weighted by molar-refractivity contribution is 0.0587. The zero-order valence-corrected chi connectivity index (χ0v) is 12.6. The molecule has 1 aromatic carbocycles. The summed E-state index contributed by atoms with van der Waals surface area (Å²) in [4.78, 5) is 12.0. The predicted molar refractivity (Wildman–Crippen MR) is 81.4 cm³/mol. The molecule has 1 atom stereocenters. The van der Waals surface area contributed by atoms with Crippen LogP contribution < -0.4 is 5.32 Å². The van der Waals surface area contributed by atoms with Crippen molar-refractivity contribution in [2.75, 3.05) is 6.54 Å². The second-order valence-corrected chi connectivity index (χ2v) is 6.09. The molecule has 0 saturated heterocycles. The standard InChI is InChI=1S/C16H21N3O2/c1-16(2,3)14(20)11-17-15(21)12-5-7-13(8-6-12)19-10-4-9-18-19/h4-10,14,20H,11H2,1-3H3,(H,17,21). The molecule has 1 amide bonds. The SMILES string of the molecule is CC(C)(C)C(O)CNC(=O)c1ccc(-n2cccn2)cc1. The molecule has 21 heavy (non-hydrogen) atoms. The molecule has 0 spiro atoms. The molecule has 0 aliphatic heterocycles. The van der Waals surface area contributed by atoms with Gasteiger partial charge in [-0.2, -0.15) is 5.10 Å². The third-order valence-corrected chi connectivity index (χ3v) is 3.35. The number of rotatable bonds is 4. The highest BCUT2D eigenvalue weighted by Gasteiger charge is 2.22. The maximum atomic E-state index is 12.0. The summed E-state index contributed by atoms with van der Waals surface area (Å²) in [5.74, 6) is -0.190. The van der Waals surface area contributed by atoms with Gasteiger partial charge in [0, 0.05) is 24.5 Å². The topological polar surface area (TPSA) is 67.2 Å². The largest absolute Gasteiger partial charge is 0.391 e. The molecular weight excluding hydrogens is 266 g/mol. The number of aliphatic hydroxyl groups excluding tert-OH is 1. The Labute approximate surface area is 124 Å². The number of amides is 1. The van der Waals surface area contributed by atoms with Crippen molar-refractivity contribution in [3.05, 3.63) is 48.3 Å². The number of carbonyl (C=O) groups excluding carboxylic acids is 1. The molecule has 0 aliphatic carbocycles. The zero-order valence-electron chi connectivity index (χ0n) is 12.6. The van der Waals surface area contributed by atoms with Gasteiger partial charge in [-0.25, -0.2) is 4.68 Å². The molecule has 5 heteroatoms. The Kier molecular flexibility index (Phi) is 4.43. The van der Waals surface area contributed by atoms with Crippen LogP contribution in [0.2, 0.25) is 0 Å². The smallest absolute Gasteiger partial charge is 0.251 e. The first-order chi connectivity index (χ1) is 9.88. The average Bonchev–Trinajstić information content (AvgIpc) is 2.97. The maximum Gasteiger partial charge on any atom is 0.251 e. The van der Waals surface area contributed by atoms with Gasteiger partial charge in [0.25, 0.3) is 5.91 Å². The van der Waals surface area contributed by atoms with Gasteiger partial charge in [-0.05, 0) is 35.7 Å². The minimum atomic E-state index is -0.579. The van der Waals surface area contributed by atoms with E-state index < -0.39 is 6.10 Å². The van der Waals surface area contributed by atoms with Crippen molar-refractivity contribution in [2.24, 2.45) is 5.41 Å². The van der Waals surface area contributed by atoms with Crippen LogP contribution in [0.15, 0.2) is 42.7 Å². The average molecular weight is 287 g/mol. The van der Waals surface area contributed by atoms with Crippen molar-refractivity contribution in [1.29, 1.82) is 0 Å². The van der Waals surface area contributed by atoms with Crippen LogP contribution in [0.3, 0.4) is 0 Å². The Hall–Kier alpha value is -2.14. The van der Waals surface area contributed by atoms with E-state index in [-0.39, 0.29) is 17.9 Å². The van der Waals surface area contributed by atoms with E-state index in [1.807, 2.05) is 45.2 Å². The monoisotopic (exact) mass is 287 g/mol. The van der Waals surface area contributed by atoms with Crippen LogP contribution in [0.1, 0.15) is 31.1 Å². The summed E-state index contributed by atoms with van der Waals surface area (Å²) in [6.07, 6.45) is 2.97. The molecule has 0 radical (unpaired) electrons. The lowest BCUT2D eigenvalue weighted by Gasteiger charge is -2.25. The fourth-order valence-electron chi connectivity index (χ4n) is 1.78. The normalized spacial score (nSPS) is 13.0. The van der Waals surface area contributed by atoms with Gasteiger partial charge in [0.15, 0.2) is 0 Å². The van der Waals surface area contributed by atoms with Gasteiger partial charge in [-0.3, -0.25) is 4.79 Å². The van der Waals surface area contributed by atoms with E-state index in [1.165, 1.54) is 0 Å². The van der Waals surface area contributed by atoms with Gasteiger partial charge < -0.3 is 10.4 Å². The third kappa shape index (κ3) is 3.92. The number of nitrogens with one attached hydrogen (secondary N) is 1. The molecule has 2 rings (SSSR count). The molecule has 1 unspecified atom stereocenters. The number of carbonyl (C=O) groups is 1. The van der Waals surface area contributed by atoms with E-state index in [0.717, 1.165) is 5.69 Å². The van der Waals surface area contributed by atoms with Crippen molar-refractivity contribution in [2.45, 2.75) is 26.9 Å².